The second-order valence-corrected chi connectivity index (χ2v) is 7.77. The van der Waals surface area contributed by atoms with Gasteiger partial charge in [0.2, 0.25) is 0 Å². The van der Waals surface area contributed by atoms with Gasteiger partial charge in [-0.15, -0.1) is 0 Å². The van der Waals surface area contributed by atoms with Crippen molar-refractivity contribution in [2.75, 3.05) is 0 Å². The second kappa shape index (κ2) is 7.80. The number of aromatic nitrogens is 2. The largest absolute Gasteiger partial charge is 0.331 e. The van der Waals surface area contributed by atoms with E-state index in [0.29, 0.717) is 28.7 Å². The zero-order chi connectivity index (χ0) is 21.4. The van der Waals surface area contributed by atoms with Crippen molar-refractivity contribution in [2.45, 2.75) is 25.4 Å². The van der Waals surface area contributed by atoms with Gasteiger partial charge in [-0.05, 0) is 66.9 Å². The first-order valence-electron chi connectivity index (χ1n) is 10.2. The highest BCUT2D eigenvalue weighted by Gasteiger charge is 2.33. The number of halogens is 1. The number of rotatable bonds is 5. The van der Waals surface area contributed by atoms with Gasteiger partial charge in [0, 0.05) is 18.2 Å². The zero-order valence-electron chi connectivity index (χ0n) is 16.7. The van der Waals surface area contributed by atoms with E-state index in [1.807, 2.05) is 17.0 Å². The summed E-state index contributed by atoms with van der Waals surface area (Å²) in [6.45, 7) is 0.444. The number of nitrogens with zero attached hydrogens (tertiary/aromatic N) is 3. The van der Waals surface area contributed by atoms with Crippen LogP contribution in [0.5, 0.6) is 0 Å². The quantitative estimate of drug-likeness (QED) is 0.489. The van der Waals surface area contributed by atoms with Crippen molar-refractivity contribution in [2.24, 2.45) is 0 Å². The van der Waals surface area contributed by atoms with Crippen LogP contribution in [0.15, 0.2) is 83.9 Å². The van der Waals surface area contributed by atoms with Crippen molar-refractivity contribution in [3.63, 3.8) is 0 Å². The maximum atomic E-state index is 13.2. The Kier molecular flexibility index (Phi) is 4.82. The van der Waals surface area contributed by atoms with E-state index in [-0.39, 0.29) is 23.3 Å². The molecular weight excluding hydrogens is 393 g/mol. The monoisotopic (exact) mass is 413 g/mol. The summed E-state index contributed by atoms with van der Waals surface area (Å²) < 4.78 is 14.7. The van der Waals surface area contributed by atoms with Gasteiger partial charge in [-0.3, -0.25) is 14.2 Å². The molecule has 0 spiro atoms. The summed E-state index contributed by atoms with van der Waals surface area (Å²) in [7, 11) is 0. The van der Waals surface area contributed by atoms with Gasteiger partial charge in [-0.1, -0.05) is 24.3 Å². The van der Waals surface area contributed by atoms with E-state index < -0.39 is 0 Å². The lowest BCUT2D eigenvalue weighted by Crippen LogP contribution is -2.32. The molecule has 1 heterocycles. The third kappa shape index (κ3) is 3.84. The molecule has 0 atom stereocenters. The Morgan fingerprint density at radius 3 is 2.42 bits per heavy atom. The number of hydrogen-bond acceptors (Lipinski definition) is 3. The summed E-state index contributed by atoms with van der Waals surface area (Å²) in [4.78, 5) is 32.1. The van der Waals surface area contributed by atoms with Crippen LogP contribution in [-0.2, 0) is 6.54 Å². The Hall–Kier alpha value is -3.80. The van der Waals surface area contributed by atoms with Crippen molar-refractivity contribution in [3.05, 3.63) is 106 Å². The van der Waals surface area contributed by atoms with Crippen LogP contribution in [0, 0.1) is 5.82 Å². The Morgan fingerprint density at radius 1 is 1.00 bits per heavy atom. The first-order valence-corrected chi connectivity index (χ1v) is 10.2. The van der Waals surface area contributed by atoms with Gasteiger partial charge in [0.25, 0.3) is 11.5 Å². The van der Waals surface area contributed by atoms with Crippen LogP contribution in [0.2, 0.25) is 0 Å². The first kappa shape index (κ1) is 19.2. The molecule has 1 aliphatic carbocycles. The summed E-state index contributed by atoms with van der Waals surface area (Å²) in [6, 6.07) is 20.6. The number of carbonyl (C=O) groups is 1. The minimum atomic E-state index is -0.290. The number of fused-ring (bicyclic) bond motifs is 1. The number of hydrogen-bond donors (Lipinski definition) is 0. The standard InChI is InChI=1S/C25H20FN3O2/c26-19-9-5-17(6-10-19)15-28(20-13-14-20)24(30)18-7-11-21(12-8-18)29-16-27-23-4-2-1-3-22(23)25(29)31/h1-12,16,20H,13-15H2. The van der Waals surface area contributed by atoms with Gasteiger partial charge in [0.1, 0.15) is 12.1 Å². The Labute approximate surface area is 178 Å². The molecule has 1 aliphatic rings. The van der Waals surface area contributed by atoms with Gasteiger partial charge < -0.3 is 4.90 Å². The first-order chi connectivity index (χ1) is 15.1. The van der Waals surface area contributed by atoms with E-state index in [1.165, 1.54) is 23.0 Å². The molecule has 5 nitrogen and oxygen atoms in total. The third-order valence-electron chi connectivity index (χ3n) is 5.57. The molecule has 0 bridgehead atoms. The summed E-state index contributed by atoms with van der Waals surface area (Å²) in [5, 5.41) is 0.546. The topological polar surface area (TPSA) is 55.2 Å². The average Bonchev–Trinajstić information content (AvgIpc) is 3.64. The number of benzene rings is 3. The van der Waals surface area contributed by atoms with Crippen LogP contribution in [0.25, 0.3) is 16.6 Å². The van der Waals surface area contributed by atoms with Crippen molar-refractivity contribution >= 4 is 16.8 Å². The van der Waals surface area contributed by atoms with Gasteiger partial charge in [-0.2, -0.15) is 0 Å². The van der Waals surface area contributed by atoms with E-state index in [4.69, 9.17) is 0 Å². The predicted molar refractivity (Wildman–Crippen MR) is 117 cm³/mol. The lowest BCUT2D eigenvalue weighted by molar-refractivity contribution is 0.0730. The molecule has 1 aromatic heterocycles. The van der Waals surface area contributed by atoms with Crippen LogP contribution in [0.4, 0.5) is 4.39 Å². The minimum absolute atomic E-state index is 0.0673. The van der Waals surface area contributed by atoms with Gasteiger partial charge in [-0.25, -0.2) is 9.37 Å². The molecule has 0 aliphatic heterocycles. The lowest BCUT2D eigenvalue weighted by atomic mass is 10.1. The molecule has 5 rings (SSSR count). The Bertz CT molecular complexity index is 1310. The molecular formula is C25H20FN3O2. The summed E-state index contributed by atoms with van der Waals surface area (Å²) in [5.41, 5.74) is 2.60. The Morgan fingerprint density at radius 2 is 1.71 bits per heavy atom. The van der Waals surface area contributed by atoms with E-state index in [1.54, 1.807) is 48.5 Å². The van der Waals surface area contributed by atoms with Crippen LogP contribution in [0.3, 0.4) is 0 Å². The van der Waals surface area contributed by atoms with Gasteiger partial charge in [0.05, 0.1) is 16.6 Å². The zero-order valence-corrected chi connectivity index (χ0v) is 16.7. The molecule has 0 saturated heterocycles. The van der Waals surface area contributed by atoms with Crippen molar-refractivity contribution in [3.8, 4) is 5.69 Å². The average molecular weight is 413 g/mol. The highest BCUT2D eigenvalue weighted by molar-refractivity contribution is 5.94. The van der Waals surface area contributed by atoms with Gasteiger partial charge in [0.15, 0.2) is 0 Å². The van der Waals surface area contributed by atoms with E-state index >= 15 is 0 Å². The smallest absolute Gasteiger partial charge is 0.265 e. The van der Waals surface area contributed by atoms with E-state index in [0.717, 1.165) is 18.4 Å². The number of carbonyl (C=O) groups excluding carboxylic acids is 1. The van der Waals surface area contributed by atoms with Crippen molar-refractivity contribution < 1.29 is 9.18 Å². The molecule has 4 aromatic rings. The number of amides is 1. The lowest BCUT2D eigenvalue weighted by Gasteiger charge is -2.23. The van der Waals surface area contributed by atoms with Crippen LogP contribution >= 0.6 is 0 Å². The highest BCUT2D eigenvalue weighted by Crippen LogP contribution is 2.30. The highest BCUT2D eigenvalue weighted by atomic mass is 19.1. The van der Waals surface area contributed by atoms with Crippen molar-refractivity contribution in [1.82, 2.24) is 14.5 Å². The summed E-state index contributed by atoms with van der Waals surface area (Å²) >= 11 is 0. The fourth-order valence-electron chi connectivity index (χ4n) is 3.72. The van der Waals surface area contributed by atoms with Crippen LogP contribution < -0.4 is 5.56 Å². The van der Waals surface area contributed by atoms with E-state index in [9.17, 15) is 14.0 Å². The van der Waals surface area contributed by atoms with Crippen LogP contribution in [-0.4, -0.2) is 26.4 Å². The molecule has 1 amide bonds. The summed E-state index contributed by atoms with van der Waals surface area (Å²) in [6.07, 6.45) is 3.46. The SMILES string of the molecule is O=C(c1ccc(-n2cnc3ccccc3c2=O)cc1)N(Cc1ccc(F)cc1)C1CC1. The molecule has 0 radical (unpaired) electrons. The van der Waals surface area contributed by atoms with Crippen molar-refractivity contribution in [1.29, 1.82) is 0 Å². The van der Waals surface area contributed by atoms with Gasteiger partial charge >= 0.3 is 0 Å². The molecule has 3 aromatic carbocycles. The molecule has 31 heavy (non-hydrogen) atoms. The minimum Gasteiger partial charge on any atom is -0.331 e. The fraction of sp³-hybridized carbons (Fsp3) is 0.160. The molecule has 0 unspecified atom stereocenters. The molecule has 1 saturated carbocycles. The molecule has 0 N–H and O–H groups in total. The fourth-order valence-corrected chi connectivity index (χ4v) is 3.72. The maximum absolute atomic E-state index is 13.2. The molecule has 154 valence electrons. The van der Waals surface area contributed by atoms with E-state index in [2.05, 4.69) is 4.98 Å². The Balaban J connectivity index is 1.41. The number of para-hydroxylation sites is 1. The summed E-state index contributed by atoms with van der Waals surface area (Å²) in [5.74, 6) is -0.357. The molecule has 6 heteroatoms. The normalized spacial score (nSPS) is 13.3. The molecule has 1 fully saturated rings. The van der Waals surface area contributed by atoms with Crippen LogP contribution in [0.1, 0.15) is 28.8 Å². The predicted octanol–water partition coefficient (Wildman–Crippen LogP) is 4.33. The second-order valence-electron chi connectivity index (χ2n) is 7.77. The maximum Gasteiger partial charge on any atom is 0.265 e. The third-order valence-corrected chi connectivity index (χ3v) is 5.57.